The lowest BCUT2D eigenvalue weighted by atomic mass is 9.86. The maximum Gasteiger partial charge on any atom is 0.407 e. The van der Waals surface area contributed by atoms with Crippen molar-refractivity contribution in [2.75, 3.05) is 5.32 Å². The van der Waals surface area contributed by atoms with Gasteiger partial charge in [0.05, 0.1) is 0 Å². The van der Waals surface area contributed by atoms with E-state index in [1.165, 1.54) is 0 Å². The van der Waals surface area contributed by atoms with Crippen molar-refractivity contribution in [2.24, 2.45) is 0 Å². The van der Waals surface area contributed by atoms with Crippen molar-refractivity contribution in [1.29, 1.82) is 0 Å². The molecule has 0 aromatic heterocycles. The van der Waals surface area contributed by atoms with Gasteiger partial charge in [-0.25, -0.2) is 4.79 Å². The molecule has 0 aliphatic heterocycles. The van der Waals surface area contributed by atoms with Gasteiger partial charge < -0.3 is 15.4 Å². The number of ether oxygens (including phenoxy) is 1. The fourth-order valence-corrected chi connectivity index (χ4v) is 2.24. The molecule has 1 aliphatic carbocycles. The Morgan fingerprint density at radius 2 is 1.80 bits per heavy atom. The number of carbonyl (C=O) groups is 1. The molecule has 1 aromatic rings. The van der Waals surface area contributed by atoms with E-state index in [9.17, 15) is 4.79 Å². The van der Waals surface area contributed by atoms with Crippen LogP contribution in [-0.4, -0.2) is 23.8 Å². The minimum Gasteiger partial charge on any atom is -0.444 e. The minimum absolute atomic E-state index is 0.189. The Morgan fingerprint density at radius 3 is 2.35 bits per heavy atom. The zero-order valence-corrected chi connectivity index (χ0v) is 12.8. The third kappa shape index (κ3) is 4.60. The molecule has 0 unspecified atom stereocenters. The van der Waals surface area contributed by atoms with Gasteiger partial charge >= 0.3 is 6.09 Å². The number of anilines is 1. The van der Waals surface area contributed by atoms with Crippen molar-refractivity contribution in [3.63, 3.8) is 0 Å². The first kappa shape index (κ1) is 15.0. The van der Waals surface area contributed by atoms with Gasteiger partial charge in [-0.3, -0.25) is 0 Å². The summed E-state index contributed by atoms with van der Waals surface area (Å²) < 4.78 is 5.23. The van der Waals surface area contributed by atoms with Crippen LogP contribution >= 0.6 is 11.6 Å². The van der Waals surface area contributed by atoms with Crippen LogP contribution in [0.5, 0.6) is 0 Å². The second-order valence-corrected chi connectivity index (χ2v) is 6.60. The van der Waals surface area contributed by atoms with E-state index in [1.54, 1.807) is 0 Å². The van der Waals surface area contributed by atoms with E-state index in [2.05, 4.69) is 10.6 Å². The topological polar surface area (TPSA) is 50.4 Å². The zero-order chi connectivity index (χ0) is 14.8. The molecular formula is C15H21ClN2O2. The maximum atomic E-state index is 11.6. The molecule has 1 fully saturated rings. The minimum atomic E-state index is -0.450. The number of amides is 1. The monoisotopic (exact) mass is 296 g/mol. The third-order valence-electron chi connectivity index (χ3n) is 3.07. The van der Waals surface area contributed by atoms with Crippen LogP contribution in [0.1, 0.15) is 33.6 Å². The van der Waals surface area contributed by atoms with Crippen LogP contribution in [0.15, 0.2) is 24.3 Å². The number of alkyl carbamates (subject to hydrolysis) is 1. The van der Waals surface area contributed by atoms with Crippen LogP contribution in [0.25, 0.3) is 0 Å². The Labute approximate surface area is 124 Å². The average molecular weight is 297 g/mol. The summed E-state index contributed by atoms with van der Waals surface area (Å²) in [6.07, 6.45) is 1.47. The van der Waals surface area contributed by atoms with Gasteiger partial charge in [0, 0.05) is 22.8 Å². The number of carbonyl (C=O) groups excluding carboxylic acids is 1. The quantitative estimate of drug-likeness (QED) is 0.892. The van der Waals surface area contributed by atoms with E-state index in [0.717, 1.165) is 23.6 Å². The number of benzene rings is 1. The Kier molecular flexibility index (Phi) is 4.43. The van der Waals surface area contributed by atoms with Crippen LogP contribution in [0, 0.1) is 0 Å². The predicted molar refractivity (Wildman–Crippen MR) is 81.3 cm³/mol. The van der Waals surface area contributed by atoms with Gasteiger partial charge in [-0.2, -0.15) is 0 Å². The van der Waals surface area contributed by atoms with Gasteiger partial charge in [-0.05, 0) is 57.9 Å². The first-order chi connectivity index (χ1) is 9.32. The number of halogens is 1. The molecule has 1 amide bonds. The Bertz CT molecular complexity index is 462. The highest BCUT2D eigenvalue weighted by atomic mass is 35.5. The predicted octanol–water partition coefficient (Wildman–Crippen LogP) is 3.81. The van der Waals surface area contributed by atoms with Crippen molar-refractivity contribution in [3.05, 3.63) is 29.3 Å². The number of nitrogens with one attached hydrogen (secondary N) is 2. The molecule has 4 nitrogen and oxygen atoms in total. The first-order valence-electron chi connectivity index (χ1n) is 6.83. The van der Waals surface area contributed by atoms with Crippen molar-refractivity contribution < 1.29 is 9.53 Å². The largest absolute Gasteiger partial charge is 0.444 e. The van der Waals surface area contributed by atoms with E-state index in [-0.39, 0.29) is 12.1 Å². The van der Waals surface area contributed by atoms with Crippen LogP contribution in [-0.2, 0) is 4.74 Å². The van der Waals surface area contributed by atoms with Crippen LogP contribution in [0.3, 0.4) is 0 Å². The van der Waals surface area contributed by atoms with Gasteiger partial charge in [0.25, 0.3) is 0 Å². The lowest BCUT2D eigenvalue weighted by Gasteiger charge is -2.37. The second-order valence-electron chi connectivity index (χ2n) is 6.16. The summed E-state index contributed by atoms with van der Waals surface area (Å²) in [5.74, 6) is 0. The van der Waals surface area contributed by atoms with Gasteiger partial charge in [0.1, 0.15) is 5.60 Å². The summed E-state index contributed by atoms with van der Waals surface area (Å²) in [5, 5.41) is 7.01. The molecule has 2 rings (SSSR count). The van der Waals surface area contributed by atoms with E-state index < -0.39 is 5.60 Å². The summed E-state index contributed by atoms with van der Waals surface area (Å²) in [4.78, 5) is 11.6. The summed E-state index contributed by atoms with van der Waals surface area (Å²) in [6, 6.07) is 8.21. The van der Waals surface area contributed by atoms with E-state index in [1.807, 2.05) is 45.0 Å². The summed E-state index contributed by atoms with van der Waals surface area (Å²) in [6.45, 7) is 5.58. The normalized spacial score (nSPS) is 21.8. The van der Waals surface area contributed by atoms with Crippen molar-refractivity contribution >= 4 is 23.4 Å². The highest BCUT2D eigenvalue weighted by Crippen LogP contribution is 2.25. The molecule has 0 saturated heterocycles. The third-order valence-corrected chi connectivity index (χ3v) is 3.33. The second kappa shape index (κ2) is 5.92. The van der Waals surface area contributed by atoms with Crippen molar-refractivity contribution in [2.45, 2.75) is 51.3 Å². The van der Waals surface area contributed by atoms with Gasteiger partial charge in [-0.15, -0.1) is 0 Å². The van der Waals surface area contributed by atoms with Gasteiger partial charge in [-0.1, -0.05) is 11.6 Å². The van der Waals surface area contributed by atoms with Crippen molar-refractivity contribution in [3.8, 4) is 0 Å². The Hall–Kier alpha value is -1.42. The summed E-state index contributed by atoms with van der Waals surface area (Å²) >= 11 is 5.84. The molecule has 2 N–H and O–H groups in total. The van der Waals surface area contributed by atoms with Crippen LogP contribution in [0.4, 0.5) is 10.5 Å². The van der Waals surface area contributed by atoms with E-state index >= 15 is 0 Å². The van der Waals surface area contributed by atoms with E-state index in [4.69, 9.17) is 16.3 Å². The van der Waals surface area contributed by atoms with Gasteiger partial charge in [0.15, 0.2) is 0 Å². The molecule has 110 valence electrons. The Morgan fingerprint density at radius 1 is 1.20 bits per heavy atom. The smallest absolute Gasteiger partial charge is 0.407 e. The molecule has 1 aromatic carbocycles. The highest BCUT2D eigenvalue weighted by Gasteiger charge is 2.31. The number of rotatable bonds is 3. The molecule has 1 saturated carbocycles. The highest BCUT2D eigenvalue weighted by molar-refractivity contribution is 6.30. The fourth-order valence-electron chi connectivity index (χ4n) is 2.11. The molecule has 0 spiro atoms. The van der Waals surface area contributed by atoms with Crippen molar-refractivity contribution in [1.82, 2.24) is 5.32 Å². The molecular weight excluding hydrogens is 276 g/mol. The fraction of sp³-hybridized carbons (Fsp3) is 0.533. The summed E-state index contributed by atoms with van der Waals surface area (Å²) in [7, 11) is 0. The SMILES string of the molecule is CC(C)(C)OC(=O)NC1CC(Nc2ccc(Cl)cc2)C1. The molecule has 0 atom stereocenters. The number of hydrogen-bond acceptors (Lipinski definition) is 3. The Balaban J connectivity index is 1.70. The lowest BCUT2D eigenvalue weighted by molar-refractivity contribution is 0.0475. The summed E-state index contributed by atoms with van der Waals surface area (Å²) in [5.41, 5.74) is 0.601. The van der Waals surface area contributed by atoms with E-state index in [0.29, 0.717) is 6.04 Å². The molecule has 0 bridgehead atoms. The average Bonchev–Trinajstić information content (AvgIpc) is 2.26. The maximum absolute atomic E-state index is 11.6. The van der Waals surface area contributed by atoms with Crippen LogP contribution in [0.2, 0.25) is 5.02 Å². The standard InChI is InChI=1S/C15H21ClN2O2/c1-15(2,3)20-14(19)18-13-8-12(9-13)17-11-6-4-10(16)5-7-11/h4-7,12-13,17H,8-9H2,1-3H3,(H,18,19). The van der Waals surface area contributed by atoms with Gasteiger partial charge in [0.2, 0.25) is 0 Å². The zero-order valence-electron chi connectivity index (χ0n) is 12.1. The molecule has 1 aliphatic rings. The molecule has 20 heavy (non-hydrogen) atoms. The molecule has 0 radical (unpaired) electrons. The molecule has 5 heteroatoms. The molecule has 0 heterocycles. The lowest BCUT2D eigenvalue weighted by Crippen LogP contribution is -2.50. The van der Waals surface area contributed by atoms with Crippen LogP contribution < -0.4 is 10.6 Å². The first-order valence-corrected chi connectivity index (χ1v) is 7.21. The number of hydrogen-bond donors (Lipinski definition) is 2.